The molecule has 0 atom stereocenters. The fourth-order valence-corrected chi connectivity index (χ4v) is 1.76. The molecular formula is C13H8Cl2N2O. The van der Waals surface area contributed by atoms with Gasteiger partial charge in [0.05, 0.1) is 11.3 Å². The maximum absolute atomic E-state index is 8.99. The number of hydrogen-bond donors (Lipinski definition) is 1. The Bertz CT molecular complexity index is 635. The molecule has 18 heavy (non-hydrogen) atoms. The Balaban J connectivity index is 2.37. The third-order valence-electron chi connectivity index (χ3n) is 2.25. The molecule has 0 unspecified atom stereocenters. The van der Waals surface area contributed by atoms with Gasteiger partial charge in [0, 0.05) is 10.0 Å². The molecule has 3 nitrogen and oxygen atoms in total. The number of nitrogens with zero attached hydrogens (tertiary/aromatic N) is 1. The van der Waals surface area contributed by atoms with Gasteiger partial charge < -0.3 is 10.5 Å². The van der Waals surface area contributed by atoms with Crippen LogP contribution in [0.2, 0.25) is 10.0 Å². The summed E-state index contributed by atoms with van der Waals surface area (Å²) in [7, 11) is 0. The number of nitrogen functional groups attached to an aromatic ring is 1. The number of anilines is 1. The van der Waals surface area contributed by atoms with Crippen molar-refractivity contribution in [1.82, 2.24) is 0 Å². The van der Waals surface area contributed by atoms with Crippen LogP contribution in [0.4, 0.5) is 5.69 Å². The van der Waals surface area contributed by atoms with E-state index in [0.29, 0.717) is 32.8 Å². The molecule has 0 aliphatic carbocycles. The zero-order chi connectivity index (χ0) is 13.1. The summed E-state index contributed by atoms with van der Waals surface area (Å²) < 4.78 is 5.58. The van der Waals surface area contributed by atoms with E-state index in [9.17, 15) is 0 Å². The summed E-state index contributed by atoms with van der Waals surface area (Å²) >= 11 is 11.6. The molecule has 2 N–H and O–H groups in total. The van der Waals surface area contributed by atoms with E-state index in [2.05, 4.69) is 0 Å². The molecule has 0 spiro atoms. The molecule has 0 aromatic heterocycles. The molecule has 0 aliphatic heterocycles. The van der Waals surface area contributed by atoms with Crippen molar-refractivity contribution in [2.75, 3.05) is 5.73 Å². The summed E-state index contributed by atoms with van der Waals surface area (Å²) in [4.78, 5) is 0. The fourth-order valence-electron chi connectivity index (χ4n) is 1.41. The monoisotopic (exact) mass is 278 g/mol. The van der Waals surface area contributed by atoms with E-state index in [-0.39, 0.29) is 0 Å². The van der Waals surface area contributed by atoms with Gasteiger partial charge in [-0.3, -0.25) is 0 Å². The van der Waals surface area contributed by atoms with Crippen LogP contribution in [0.3, 0.4) is 0 Å². The topological polar surface area (TPSA) is 59.0 Å². The Morgan fingerprint density at radius 3 is 2.22 bits per heavy atom. The maximum atomic E-state index is 8.99. The highest BCUT2D eigenvalue weighted by atomic mass is 35.5. The number of rotatable bonds is 2. The van der Waals surface area contributed by atoms with Crippen molar-refractivity contribution < 1.29 is 4.74 Å². The van der Waals surface area contributed by atoms with Gasteiger partial charge in [-0.1, -0.05) is 23.2 Å². The summed E-state index contributed by atoms with van der Waals surface area (Å²) in [5.74, 6) is 0.842. The fraction of sp³-hybridized carbons (Fsp3) is 0. The van der Waals surface area contributed by atoms with Crippen LogP contribution in [-0.2, 0) is 0 Å². The predicted molar refractivity (Wildman–Crippen MR) is 72.1 cm³/mol. The van der Waals surface area contributed by atoms with Crippen molar-refractivity contribution in [1.29, 1.82) is 5.26 Å². The van der Waals surface area contributed by atoms with Crippen LogP contribution < -0.4 is 10.5 Å². The largest absolute Gasteiger partial charge is 0.454 e. The van der Waals surface area contributed by atoms with Gasteiger partial charge in [0.1, 0.15) is 17.6 Å². The van der Waals surface area contributed by atoms with Crippen molar-refractivity contribution in [2.45, 2.75) is 0 Å². The van der Waals surface area contributed by atoms with Crippen molar-refractivity contribution >= 4 is 28.9 Å². The van der Waals surface area contributed by atoms with Gasteiger partial charge in [0.25, 0.3) is 0 Å². The van der Waals surface area contributed by atoms with Crippen molar-refractivity contribution in [3.05, 3.63) is 52.0 Å². The first-order valence-electron chi connectivity index (χ1n) is 5.02. The molecule has 90 valence electrons. The quantitative estimate of drug-likeness (QED) is 0.836. The lowest BCUT2D eigenvalue weighted by atomic mass is 10.2. The summed E-state index contributed by atoms with van der Waals surface area (Å²) in [6.45, 7) is 0. The van der Waals surface area contributed by atoms with Gasteiger partial charge >= 0.3 is 0 Å². The Labute approximate surface area is 114 Å². The summed E-state index contributed by atoms with van der Waals surface area (Å²) in [5, 5.41) is 9.99. The lowest BCUT2D eigenvalue weighted by molar-refractivity contribution is 0.483. The number of benzene rings is 2. The predicted octanol–water partition coefficient (Wildman–Crippen LogP) is 4.24. The normalized spacial score (nSPS) is 9.83. The number of ether oxygens (including phenoxy) is 1. The van der Waals surface area contributed by atoms with Crippen molar-refractivity contribution in [2.24, 2.45) is 0 Å². The second kappa shape index (κ2) is 5.18. The minimum absolute atomic E-state index is 0.344. The standard InChI is InChI=1S/C13H8Cl2N2O/c14-9-1-3-12(8(5-9)7-16)18-13-4-2-10(15)6-11(13)17/h1-6H,17H2. The van der Waals surface area contributed by atoms with Gasteiger partial charge in [0.2, 0.25) is 0 Å². The molecule has 0 saturated carbocycles. The minimum atomic E-state index is 0.344. The van der Waals surface area contributed by atoms with E-state index in [4.69, 9.17) is 38.9 Å². The number of nitriles is 1. The second-order valence-corrected chi connectivity index (χ2v) is 4.41. The maximum Gasteiger partial charge on any atom is 0.150 e. The first-order valence-corrected chi connectivity index (χ1v) is 5.78. The van der Waals surface area contributed by atoms with E-state index in [1.165, 1.54) is 6.07 Å². The molecule has 0 radical (unpaired) electrons. The molecule has 2 rings (SSSR count). The lowest BCUT2D eigenvalue weighted by Crippen LogP contribution is -1.93. The second-order valence-electron chi connectivity index (χ2n) is 3.54. The van der Waals surface area contributed by atoms with Gasteiger partial charge in [-0.25, -0.2) is 0 Å². The molecule has 0 saturated heterocycles. The van der Waals surface area contributed by atoms with Crippen LogP contribution >= 0.6 is 23.2 Å². The average molecular weight is 279 g/mol. The Kier molecular flexibility index (Phi) is 3.61. The molecule has 0 heterocycles. The molecule has 0 bridgehead atoms. The highest BCUT2D eigenvalue weighted by molar-refractivity contribution is 6.31. The van der Waals surface area contributed by atoms with Gasteiger partial charge in [0.15, 0.2) is 0 Å². The third kappa shape index (κ3) is 2.67. The van der Waals surface area contributed by atoms with Gasteiger partial charge in [-0.15, -0.1) is 0 Å². The average Bonchev–Trinajstić information content (AvgIpc) is 2.34. The molecule has 5 heteroatoms. The number of halogens is 2. The van der Waals surface area contributed by atoms with Gasteiger partial charge in [-0.2, -0.15) is 5.26 Å². The van der Waals surface area contributed by atoms with Crippen molar-refractivity contribution in [3.8, 4) is 17.6 Å². The Hall–Kier alpha value is -1.89. The third-order valence-corrected chi connectivity index (χ3v) is 2.72. The van der Waals surface area contributed by atoms with E-state index >= 15 is 0 Å². The van der Waals surface area contributed by atoms with Crippen LogP contribution in [0.5, 0.6) is 11.5 Å². The molecular weight excluding hydrogens is 271 g/mol. The molecule has 2 aromatic carbocycles. The highest BCUT2D eigenvalue weighted by Crippen LogP contribution is 2.32. The van der Waals surface area contributed by atoms with Crippen LogP contribution in [0, 0.1) is 11.3 Å². The zero-order valence-electron chi connectivity index (χ0n) is 9.15. The van der Waals surface area contributed by atoms with Crippen molar-refractivity contribution in [3.63, 3.8) is 0 Å². The first kappa shape index (κ1) is 12.6. The van der Waals surface area contributed by atoms with E-state index in [1.807, 2.05) is 6.07 Å². The van der Waals surface area contributed by atoms with Crippen LogP contribution in [-0.4, -0.2) is 0 Å². The van der Waals surface area contributed by atoms with Gasteiger partial charge in [-0.05, 0) is 36.4 Å². The number of hydrogen-bond acceptors (Lipinski definition) is 3. The molecule has 0 aliphatic rings. The van der Waals surface area contributed by atoms with Crippen LogP contribution in [0.15, 0.2) is 36.4 Å². The smallest absolute Gasteiger partial charge is 0.150 e. The molecule has 0 amide bonds. The highest BCUT2D eigenvalue weighted by Gasteiger charge is 2.08. The summed E-state index contributed by atoms with van der Waals surface area (Å²) in [5.41, 5.74) is 6.52. The van der Waals surface area contributed by atoms with E-state index < -0.39 is 0 Å². The lowest BCUT2D eigenvalue weighted by Gasteiger charge is -2.10. The van der Waals surface area contributed by atoms with Crippen LogP contribution in [0.25, 0.3) is 0 Å². The van der Waals surface area contributed by atoms with Crippen LogP contribution in [0.1, 0.15) is 5.56 Å². The summed E-state index contributed by atoms with van der Waals surface area (Å²) in [6, 6.07) is 11.7. The Morgan fingerprint density at radius 2 is 1.61 bits per heavy atom. The Morgan fingerprint density at radius 1 is 1.00 bits per heavy atom. The zero-order valence-corrected chi connectivity index (χ0v) is 10.7. The SMILES string of the molecule is N#Cc1cc(Cl)ccc1Oc1ccc(Cl)cc1N. The summed E-state index contributed by atoms with van der Waals surface area (Å²) in [6.07, 6.45) is 0. The van der Waals surface area contributed by atoms with E-state index in [0.717, 1.165) is 0 Å². The first-order chi connectivity index (χ1) is 8.60. The number of nitrogens with two attached hydrogens (primary N) is 1. The molecule has 2 aromatic rings. The van der Waals surface area contributed by atoms with E-state index in [1.54, 1.807) is 30.3 Å². The molecule has 0 fully saturated rings. The minimum Gasteiger partial charge on any atom is -0.454 e.